The number of aromatic nitrogens is 2. The van der Waals surface area contributed by atoms with Gasteiger partial charge in [0.2, 0.25) is 0 Å². The topological polar surface area (TPSA) is 73.2 Å². The summed E-state index contributed by atoms with van der Waals surface area (Å²) in [5.74, 6) is 12.0. The Labute approximate surface area is 744 Å². The predicted molar refractivity (Wildman–Crippen MR) is 526 cm³/mol. The molecule has 0 amide bonds. The lowest BCUT2D eigenvalue weighted by Crippen LogP contribution is -2.06. The number of methoxy groups -OCH3 is 1. The standard InChI is InChI=1S/C12H14N2.C11H15FO.C11H16O2.C11H16O.C11H16S3.C10H13FS.C10H14O2.C10H14S.C10H14.C9H12/c1-2-11-4-6-12(7-5-11)10-14-9-3-8-13-14;1-2-3-4-9-13-11-7-5-10(12)6-8-11;1-3-9-13-11-7-5-10(6-8-11)12-4-2;1-3-4-8-12-11-7-5-6-10(2)9-11;1-2-3-9-14(12,13)10-11-7-5-4-6-8-11;1-2-7-12-8-9-5-3-4-6-10(9)11;1-3-8-12-10-6-4-9(11-2)5-7-10;1-2-8-11-9-10-6-4-3-5-7-10;1-3-9(2)10-7-5-4-6-8-10;1-2-6-9-7-4-3-5-8-9/h3-9H,2,10H2,1H3;5-8H,2-4,9H2,1H3;5-8H,3-4,9H2,1-2H3;5-7,9H,3-4,8H2,1-2H3;4-8H,2-3,9-10H2,1H3;3-6H,2,7-8H2,1H3;4-7H,3,8H2,1-2H3;3-7H,2,8-9H2,1H3;4-9H,3H2,1-2H3;3-5,7-8H,2,6H2,1H3. The number of hydrogen-bond donors (Lipinski definition) is 0. The van der Waals surface area contributed by atoms with Gasteiger partial charge < -0.3 is 28.4 Å². The van der Waals surface area contributed by atoms with Crippen molar-refractivity contribution < 1.29 is 37.2 Å². The second-order valence-electron chi connectivity index (χ2n) is 28.2. The fourth-order valence-electron chi connectivity index (χ4n) is 10.6. The Hall–Kier alpha value is -8.44. The summed E-state index contributed by atoms with van der Waals surface area (Å²) in [5, 5.41) is 4.17. The van der Waals surface area contributed by atoms with E-state index >= 15 is 0 Å². The lowest BCUT2D eigenvalue weighted by atomic mass is 9.99. The second-order valence-corrected chi connectivity index (χ2v) is 37.1. The summed E-state index contributed by atoms with van der Waals surface area (Å²) < 4.78 is 59.5. The van der Waals surface area contributed by atoms with Gasteiger partial charge in [-0.1, -0.05) is 291 Å². The first kappa shape index (κ1) is 108. The van der Waals surface area contributed by atoms with E-state index < -0.39 is 7.15 Å². The van der Waals surface area contributed by atoms with Crippen LogP contribution in [-0.2, 0) is 66.2 Å². The van der Waals surface area contributed by atoms with Crippen LogP contribution in [-0.4, -0.2) is 67.2 Å². The number of thioether (sulfide) groups is 2. The number of nitrogens with zero attached hydrogens (tertiary/aromatic N) is 2. The molecule has 11 aromatic rings. The van der Waals surface area contributed by atoms with E-state index in [9.17, 15) is 8.78 Å². The monoisotopic (exact) mass is 1730 g/mol. The Morgan fingerprint density at radius 3 is 1.37 bits per heavy atom. The third kappa shape index (κ3) is 57.0. The summed E-state index contributed by atoms with van der Waals surface area (Å²) in [5.41, 5.74) is 10.4. The molecule has 10 aromatic carbocycles. The lowest BCUT2D eigenvalue weighted by molar-refractivity contribution is 0.306. The molecule has 1 aromatic heterocycles. The van der Waals surface area contributed by atoms with Gasteiger partial charge in [0.05, 0.1) is 46.7 Å². The molecule has 0 spiro atoms. The molecule has 1 atom stereocenters. The van der Waals surface area contributed by atoms with E-state index in [-0.39, 0.29) is 11.6 Å². The molecule has 0 bridgehead atoms. The number of halogens is 2. The lowest BCUT2D eigenvalue weighted by Gasteiger charge is -2.09. The molecule has 0 aliphatic heterocycles. The number of aryl methyl sites for hydroxylation is 3. The van der Waals surface area contributed by atoms with Gasteiger partial charge in [-0.3, -0.25) is 4.68 Å². The van der Waals surface area contributed by atoms with Crippen LogP contribution in [0.4, 0.5) is 8.78 Å². The zero-order chi connectivity index (χ0) is 87.6. The fraction of sp³-hybridized carbons (Fsp3) is 0.400. The average molecular weight is 1730 g/mol. The van der Waals surface area contributed by atoms with Crippen LogP contribution in [0.1, 0.15) is 217 Å². The molecule has 654 valence electrons. The van der Waals surface area contributed by atoms with Crippen molar-refractivity contribution in [3.63, 3.8) is 0 Å². The summed E-state index contributed by atoms with van der Waals surface area (Å²) in [6.07, 6.45) is 21.2. The Morgan fingerprint density at radius 1 is 0.408 bits per heavy atom. The summed E-state index contributed by atoms with van der Waals surface area (Å²) in [6, 6.07) is 89.4. The summed E-state index contributed by atoms with van der Waals surface area (Å²) in [4.78, 5) is 0. The first-order chi connectivity index (χ1) is 58.4. The highest BCUT2D eigenvalue weighted by Crippen LogP contribution is 2.22. The van der Waals surface area contributed by atoms with Gasteiger partial charge in [-0.25, -0.2) is 8.78 Å². The molecule has 0 saturated carbocycles. The molecule has 1 unspecified atom stereocenters. The largest absolute Gasteiger partial charge is 0.497 e. The van der Waals surface area contributed by atoms with Crippen LogP contribution < -0.4 is 28.4 Å². The van der Waals surface area contributed by atoms with E-state index in [0.29, 0.717) is 12.5 Å². The number of benzene rings is 10. The first-order valence-corrected chi connectivity index (χ1v) is 49.6. The van der Waals surface area contributed by atoms with E-state index in [1.165, 1.54) is 121 Å². The highest BCUT2D eigenvalue weighted by Gasteiger charge is 2.05. The van der Waals surface area contributed by atoms with Gasteiger partial charge in [-0.2, -0.15) is 28.6 Å². The van der Waals surface area contributed by atoms with Crippen LogP contribution in [0.2, 0.25) is 0 Å². The Bertz CT molecular complexity index is 4210. The van der Waals surface area contributed by atoms with Crippen molar-refractivity contribution in [2.24, 2.45) is 0 Å². The number of ether oxygens (including phenoxy) is 6. The second kappa shape index (κ2) is 73.3. The smallest absolute Gasteiger partial charge is 0.127 e. The van der Waals surface area contributed by atoms with Crippen molar-refractivity contribution in [3.8, 4) is 34.5 Å². The molecule has 120 heavy (non-hydrogen) atoms. The molecule has 15 heteroatoms. The summed E-state index contributed by atoms with van der Waals surface area (Å²) in [6.45, 7) is 32.6. The van der Waals surface area contributed by atoms with Gasteiger partial charge in [0, 0.05) is 35.4 Å². The van der Waals surface area contributed by atoms with Gasteiger partial charge in [0.1, 0.15) is 46.1 Å². The Balaban J connectivity index is 0.000000453. The third-order valence-corrected chi connectivity index (χ3v) is 23.3. The average Bonchev–Trinajstić information content (AvgIpc) is 1.87. The van der Waals surface area contributed by atoms with E-state index in [1.807, 2.05) is 114 Å². The molecule has 8 nitrogen and oxygen atoms in total. The van der Waals surface area contributed by atoms with Crippen molar-refractivity contribution in [1.29, 1.82) is 0 Å². The van der Waals surface area contributed by atoms with E-state index in [4.69, 9.17) is 50.8 Å². The predicted octanol–water partition coefficient (Wildman–Crippen LogP) is 30.1. The van der Waals surface area contributed by atoms with E-state index in [0.717, 1.165) is 140 Å². The molecule has 0 N–H and O–H groups in total. The highest BCUT2D eigenvalue weighted by molar-refractivity contribution is 8.56. The molecule has 0 saturated heterocycles. The van der Waals surface area contributed by atoms with Crippen LogP contribution in [0, 0.1) is 18.6 Å². The van der Waals surface area contributed by atoms with Gasteiger partial charge in [0.25, 0.3) is 0 Å². The highest BCUT2D eigenvalue weighted by atomic mass is 33.1. The zero-order valence-electron chi connectivity index (χ0n) is 74.9. The van der Waals surface area contributed by atoms with Crippen molar-refractivity contribution >= 4 is 53.0 Å². The Kier molecular flexibility index (Phi) is 65.7. The molecule has 0 fully saturated rings. The summed E-state index contributed by atoms with van der Waals surface area (Å²) in [7, 11) is 0.425. The van der Waals surface area contributed by atoms with Crippen molar-refractivity contribution in [1.82, 2.24) is 9.78 Å². The minimum Gasteiger partial charge on any atom is -0.497 e. The van der Waals surface area contributed by atoms with Gasteiger partial charge in [-0.15, -0.1) is 0 Å². The zero-order valence-corrected chi connectivity index (χ0v) is 79.0. The molecule has 0 aliphatic carbocycles. The molecular formula is C105H144F2N2O6S5. The van der Waals surface area contributed by atoms with Gasteiger partial charge in [-0.05, 0) is 259 Å². The number of unbranched alkanes of at least 4 members (excludes halogenated alkanes) is 4. The minimum atomic E-state index is -1.23. The van der Waals surface area contributed by atoms with Crippen LogP contribution in [0.3, 0.4) is 0 Å². The fourth-order valence-corrected chi connectivity index (χ4v) is 15.4. The van der Waals surface area contributed by atoms with Gasteiger partial charge in [0.15, 0.2) is 0 Å². The van der Waals surface area contributed by atoms with Crippen LogP contribution in [0.5, 0.6) is 34.5 Å². The normalized spacial score (nSPS) is 10.3. The van der Waals surface area contributed by atoms with Crippen molar-refractivity contribution in [2.75, 3.05) is 57.4 Å². The van der Waals surface area contributed by atoms with Gasteiger partial charge >= 0.3 is 0 Å². The van der Waals surface area contributed by atoms with Crippen LogP contribution >= 0.6 is 23.5 Å². The molecule has 1 heterocycles. The maximum Gasteiger partial charge on any atom is 0.127 e. The SMILES string of the molecule is CCC(C)c1ccccc1.CCCCCOc1ccc(F)cc1.CCCCOc1cccc(C)c1.CCCCS(=S)(=S)Cc1ccccc1.CCCOc1ccc(OC)cc1.CCCOc1ccc(OCC)cc1.CCCSCc1ccccc1.CCCSCc1ccccc1F.CCCc1ccccc1.CCc1ccc(Cn2cccn2)cc1. The van der Waals surface area contributed by atoms with E-state index in [2.05, 4.69) is 240 Å². The third-order valence-electron chi connectivity index (χ3n) is 17.5. The van der Waals surface area contributed by atoms with Crippen molar-refractivity contribution in [2.45, 2.75) is 216 Å². The molecule has 0 aliphatic rings. The first-order valence-electron chi connectivity index (χ1n) is 43.5. The molecular weight excluding hydrogens is 1580 g/mol. The molecule has 0 radical (unpaired) electrons. The minimum absolute atomic E-state index is 0.0823. The van der Waals surface area contributed by atoms with Crippen LogP contribution in [0.25, 0.3) is 0 Å². The van der Waals surface area contributed by atoms with Crippen LogP contribution in [0.15, 0.2) is 285 Å². The number of hydrogen-bond acceptors (Lipinski definition) is 11. The maximum atomic E-state index is 13.0. The summed E-state index contributed by atoms with van der Waals surface area (Å²) >= 11 is 14.8. The molecule has 11 rings (SSSR count). The number of rotatable bonds is 38. The van der Waals surface area contributed by atoms with E-state index in [1.54, 1.807) is 43.3 Å². The quantitative estimate of drug-likeness (QED) is 0.0348. The maximum absolute atomic E-state index is 13.0. The Morgan fingerprint density at radius 2 is 0.883 bits per heavy atom. The van der Waals surface area contributed by atoms with Crippen molar-refractivity contribution in [3.05, 3.63) is 342 Å².